The van der Waals surface area contributed by atoms with E-state index in [-0.39, 0.29) is 10.8 Å². The van der Waals surface area contributed by atoms with Crippen LogP contribution in [0, 0.1) is 5.82 Å². The van der Waals surface area contributed by atoms with Crippen LogP contribution in [0.15, 0.2) is 34.8 Å². The van der Waals surface area contributed by atoms with Gasteiger partial charge < -0.3 is 0 Å². The summed E-state index contributed by atoms with van der Waals surface area (Å²) in [6, 6.07) is 8.72. The Labute approximate surface area is 88.4 Å². The van der Waals surface area contributed by atoms with Crippen molar-refractivity contribution in [2.45, 2.75) is 0 Å². The van der Waals surface area contributed by atoms with Crippen molar-refractivity contribution < 1.29 is 4.39 Å². The monoisotopic (exact) mass is 258 g/mol. The summed E-state index contributed by atoms with van der Waals surface area (Å²) >= 11 is 8.96. The van der Waals surface area contributed by atoms with Crippen LogP contribution in [-0.2, 0) is 0 Å². The molecular weight excluding hydrogens is 254 g/mol. The van der Waals surface area contributed by atoms with Crippen LogP contribution in [0.4, 0.5) is 4.39 Å². The van der Waals surface area contributed by atoms with Crippen LogP contribution in [0.5, 0.6) is 0 Å². The molecule has 0 heterocycles. The maximum atomic E-state index is 13.4. The molecule has 0 nitrogen and oxygen atoms in total. The van der Waals surface area contributed by atoms with Crippen molar-refractivity contribution in [3.63, 3.8) is 0 Å². The molecule has 0 amide bonds. The average molecular weight is 260 g/mol. The van der Waals surface area contributed by atoms with Crippen LogP contribution >= 0.6 is 27.5 Å². The predicted molar refractivity (Wildman–Crippen MR) is 56.6 cm³/mol. The third-order valence-electron chi connectivity index (χ3n) is 1.87. The molecule has 0 bridgehead atoms. The molecule has 0 saturated heterocycles. The minimum absolute atomic E-state index is 0.162. The van der Waals surface area contributed by atoms with E-state index < -0.39 is 0 Å². The highest BCUT2D eigenvalue weighted by Gasteiger charge is 2.04. The van der Waals surface area contributed by atoms with Crippen LogP contribution in [-0.4, -0.2) is 0 Å². The first kappa shape index (κ1) is 8.97. The normalized spacial score (nSPS) is 10.7. The van der Waals surface area contributed by atoms with Gasteiger partial charge in [-0.25, -0.2) is 4.39 Å². The van der Waals surface area contributed by atoms with Gasteiger partial charge in [0.25, 0.3) is 0 Å². The van der Waals surface area contributed by atoms with E-state index in [1.807, 2.05) is 6.07 Å². The van der Waals surface area contributed by atoms with Crippen LogP contribution in [0.25, 0.3) is 10.8 Å². The lowest BCUT2D eigenvalue weighted by Gasteiger charge is -2.01. The summed E-state index contributed by atoms with van der Waals surface area (Å²) in [4.78, 5) is 0. The summed E-state index contributed by atoms with van der Waals surface area (Å²) in [6.45, 7) is 0. The molecule has 0 aromatic heterocycles. The summed E-state index contributed by atoms with van der Waals surface area (Å²) in [5.74, 6) is -0.355. The van der Waals surface area contributed by atoms with E-state index in [1.165, 1.54) is 0 Å². The molecule has 0 aliphatic heterocycles. The highest BCUT2D eigenvalue weighted by Crippen LogP contribution is 2.26. The second-order valence-electron chi connectivity index (χ2n) is 2.73. The van der Waals surface area contributed by atoms with Crippen molar-refractivity contribution in [2.75, 3.05) is 0 Å². The largest absolute Gasteiger partial charge is 0.205 e. The van der Waals surface area contributed by atoms with Gasteiger partial charge >= 0.3 is 0 Å². The first-order valence-electron chi connectivity index (χ1n) is 3.72. The lowest BCUT2D eigenvalue weighted by molar-refractivity contribution is 0.640. The Morgan fingerprint density at radius 1 is 1.15 bits per heavy atom. The van der Waals surface area contributed by atoms with Crippen LogP contribution in [0.2, 0.25) is 5.02 Å². The second kappa shape index (κ2) is 3.28. The van der Waals surface area contributed by atoms with Gasteiger partial charge in [-0.2, -0.15) is 0 Å². The van der Waals surface area contributed by atoms with E-state index >= 15 is 0 Å². The molecule has 0 aliphatic rings. The van der Waals surface area contributed by atoms with Gasteiger partial charge in [0.2, 0.25) is 0 Å². The highest BCUT2D eigenvalue weighted by atomic mass is 79.9. The lowest BCUT2D eigenvalue weighted by atomic mass is 10.1. The van der Waals surface area contributed by atoms with Crippen molar-refractivity contribution in [1.29, 1.82) is 0 Å². The van der Waals surface area contributed by atoms with Crippen molar-refractivity contribution >= 4 is 38.3 Å². The molecule has 0 atom stereocenters. The molecule has 2 rings (SSSR count). The van der Waals surface area contributed by atoms with Crippen molar-refractivity contribution in [3.8, 4) is 0 Å². The van der Waals surface area contributed by atoms with Gasteiger partial charge in [-0.3, -0.25) is 0 Å². The van der Waals surface area contributed by atoms with E-state index in [2.05, 4.69) is 15.9 Å². The number of rotatable bonds is 0. The Bertz CT molecular complexity index is 468. The summed E-state index contributed by atoms with van der Waals surface area (Å²) in [6.07, 6.45) is 0. The van der Waals surface area contributed by atoms with E-state index in [0.29, 0.717) is 5.39 Å². The Balaban J connectivity index is 2.87. The summed E-state index contributed by atoms with van der Waals surface area (Å²) < 4.78 is 14.3. The molecule has 2 aromatic carbocycles. The predicted octanol–water partition coefficient (Wildman–Crippen LogP) is 4.39. The molecule has 3 heteroatoms. The average Bonchev–Trinajstić information content (AvgIpc) is 2.12. The molecule has 13 heavy (non-hydrogen) atoms. The third kappa shape index (κ3) is 1.56. The first-order chi connectivity index (χ1) is 6.18. The van der Waals surface area contributed by atoms with E-state index in [4.69, 9.17) is 11.6 Å². The molecule has 0 saturated carbocycles. The summed E-state index contributed by atoms with van der Waals surface area (Å²) in [5, 5.41) is 1.56. The fourth-order valence-electron chi connectivity index (χ4n) is 1.24. The molecule has 66 valence electrons. The Hall–Kier alpha value is -0.600. The fraction of sp³-hybridized carbons (Fsp3) is 0. The van der Waals surface area contributed by atoms with Crippen molar-refractivity contribution in [1.82, 2.24) is 0 Å². The third-order valence-corrected chi connectivity index (χ3v) is 2.65. The van der Waals surface area contributed by atoms with E-state index in [0.717, 1.165) is 9.86 Å². The highest BCUT2D eigenvalue weighted by molar-refractivity contribution is 9.10. The lowest BCUT2D eigenvalue weighted by Crippen LogP contribution is -1.80. The van der Waals surface area contributed by atoms with Gasteiger partial charge in [0.1, 0.15) is 5.82 Å². The van der Waals surface area contributed by atoms with E-state index in [1.54, 1.807) is 24.3 Å². The van der Waals surface area contributed by atoms with Gasteiger partial charge in [-0.15, -0.1) is 0 Å². The molecule has 0 unspecified atom stereocenters. The molecular formula is C10H5BrClF. The standard InChI is InChI=1S/C10H5BrClF/c11-7-2-3-8-6(5-7)1-4-9(12)10(8)13/h1-5H. The first-order valence-corrected chi connectivity index (χ1v) is 4.89. The summed E-state index contributed by atoms with van der Waals surface area (Å²) in [7, 11) is 0. The number of hydrogen-bond donors (Lipinski definition) is 0. The minimum atomic E-state index is -0.355. The van der Waals surface area contributed by atoms with Gasteiger partial charge in [-0.1, -0.05) is 39.7 Å². The van der Waals surface area contributed by atoms with Gasteiger partial charge in [0.15, 0.2) is 0 Å². The van der Waals surface area contributed by atoms with Gasteiger partial charge in [-0.05, 0) is 23.6 Å². The zero-order chi connectivity index (χ0) is 9.42. The smallest absolute Gasteiger partial charge is 0.149 e. The van der Waals surface area contributed by atoms with Gasteiger partial charge in [0, 0.05) is 9.86 Å². The van der Waals surface area contributed by atoms with Crippen molar-refractivity contribution in [2.24, 2.45) is 0 Å². The quantitative estimate of drug-likeness (QED) is 0.658. The Morgan fingerprint density at radius 3 is 2.69 bits per heavy atom. The maximum Gasteiger partial charge on any atom is 0.149 e. The Morgan fingerprint density at radius 2 is 1.92 bits per heavy atom. The molecule has 0 fully saturated rings. The summed E-state index contributed by atoms with van der Waals surface area (Å²) in [5.41, 5.74) is 0. The zero-order valence-corrected chi connectivity index (χ0v) is 8.86. The number of hydrogen-bond acceptors (Lipinski definition) is 0. The molecule has 0 N–H and O–H groups in total. The molecule has 2 aromatic rings. The van der Waals surface area contributed by atoms with Crippen LogP contribution in [0.3, 0.4) is 0 Å². The topological polar surface area (TPSA) is 0 Å². The molecule has 0 spiro atoms. The number of benzene rings is 2. The van der Waals surface area contributed by atoms with Crippen molar-refractivity contribution in [3.05, 3.63) is 45.6 Å². The van der Waals surface area contributed by atoms with Gasteiger partial charge in [0.05, 0.1) is 5.02 Å². The number of halogens is 3. The second-order valence-corrected chi connectivity index (χ2v) is 4.05. The van der Waals surface area contributed by atoms with Crippen LogP contribution < -0.4 is 0 Å². The maximum absolute atomic E-state index is 13.4. The van der Waals surface area contributed by atoms with E-state index in [9.17, 15) is 4.39 Å². The molecule has 0 aliphatic carbocycles. The molecule has 0 radical (unpaired) electrons. The van der Waals surface area contributed by atoms with Crippen LogP contribution in [0.1, 0.15) is 0 Å². The fourth-order valence-corrected chi connectivity index (χ4v) is 1.78. The SMILES string of the molecule is Fc1c(Cl)ccc2cc(Br)ccc12. The number of fused-ring (bicyclic) bond motifs is 1. The zero-order valence-electron chi connectivity index (χ0n) is 6.52. The minimum Gasteiger partial charge on any atom is -0.205 e. The Kier molecular flexibility index (Phi) is 2.26.